The van der Waals surface area contributed by atoms with Gasteiger partial charge in [-0.2, -0.15) is 5.10 Å². The Labute approximate surface area is 99.5 Å². The monoisotopic (exact) mass is 242 g/mol. The molecule has 0 saturated carbocycles. The van der Waals surface area contributed by atoms with Crippen LogP contribution in [0.1, 0.15) is 37.0 Å². The van der Waals surface area contributed by atoms with Crippen molar-refractivity contribution in [2.24, 2.45) is 7.05 Å². The van der Waals surface area contributed by atoms with Gasteiger partial charge < -0.3 is 5.32 Å². The number of carbonyl (C=O) groups is 1. The topological polar surface area (TPSA) is 50.2 Å². The molecule has 1 amide bonds. The molecule has 0 atom stereocenters. The summed E-state index contributed by atoms with van der Waals surface area (Å²) >= 11 is 6.10. The van der Waals surface area contributed by atoms with Crippen molar-refractivity contribution in [3.63, 3.8) is 0 Å². The number of nitrogens with zero attached hydrogens (tertiary/aromatic N) is 3. The summed E-state index contributed by atoms with van der Waals surface area (Å²) in [5, 5.41) is 7.08. The lowest BCUT2D eigenvalue weighted by molar-refractivity contribution is 0.0941. The quantitative estimate of drug-likeness (QED) is 0.700. The van der Waals surface area contributed by atoms with Crippen LogP contribution in [-0.2, 0) is 12.5 Å². The second kappa shape index (κ2) is 3.38. The third-order valence-electron chi connectivity index (χ3n) is 2.57. The molecule has 0 saturated heterocycles. The van der Waals surface area contributed by atoms with Gasteiger partial charge in [-0.05, 0) is 0 Å². The zero-order valence-electron chi connectivity index (χ0n) is 9.83. The molecule has 1 aliphatic heterocycles. The molecule has 1 aliphatic rings. The molecule has 0 fully saturated rings. The molecule has 0 radical (unpaired) electrons. The number of fused-ring (bicyclic) bond motifs is 1. The van der Waals surface area contributed by atoms with E-state index in [1.165, 1.54) is 4.42 Å². The van der Waals surface area contributed by atoms with E-state index in [4.69, 9.17) is 11.8 Å². The second-order valence-electron chi connectivity index (χ2n) is 4.95. The lowest BCUT2D eigenvalue weighted by atomic mass is 9.90. The van der Waals surface area contributed by atoms with Crippen LogP contribution in [0.25, 0.3) is 0 Å². The van der Waals surface area contributed by atoms with Gasteiger partial charge in [-0.1, -0.05) is 20.8 Å². The van der Waals surface area contributed by atoms with Crippen LogP contribution < -0.4 is 9.74 Å². The largest absolute Gasteiger partial charge is 0.332 e. The summed E-state index contributed by atoms with van der Waals surface area (Å²) in [4.78, 5) is 11.7. The van der Waals surface area contributed by atoms with E-state index in [-0.39, 0.29) is 11.3 Å². The number of halogens is 1. The van der Waals surface area contributed by atoms with Gasteiger partial charge in [0.25, 0.3) is 5.91 Å². The first-order chi connectivity index (χ1) is 7.32. The Hall–Kier alpha value is -1.23. The Morgan fingerprint density at radius 1 is 1.44 bits per heavy atom. The van der Waals surface area contributed by atoms with Gasteiger partial charge in [0.05, 0.1) is 5.69 Å². The highest BCUT2D eigenvalue weighted by atomic mass is 35.5. The number of anilines is 1. The summed E-state index contributed by atoms with van der Waals surface area (Å²) in [6.07, 6.45) is 0. The third-order valence-corrected chi connectivity index (χ3v) is 2.86. The average molecular weight is 243 g/mol. The van der Waals surface area contributed by atoms with E-state index >= 15 is 0 Å². The minimum absolute atomic E-state index is 0.127. The number of hydrogen-bond acceptors (Lipinski definition) is 3. The van der Waals surface area contributed by atoms with Crippen LogP contribution in [0, 0.1) is 0 Å². The van der Waals surface area contributed by atoms with E-state index in [1.807, 2.05) is 20.8 Å². The molecular formula is C10H15ClN4O. The SMILES string of the molecule is Cn1nc(C(C)(C)C)c2c1C(=O)NCN2Cl. The first-order valence-electron chi connectivity index (χ1n) is 5.11. The van der Waals surface area contributed by atoms with Crippen LogP contribution in [0.4, 0.5) is 5.69 Å². The smallest absolute Gasteiger partial charge is 0.273 e. The van der Waals surface area contributed by atoms with E-state index in [1.54, 1.807) is 11.7 Å². The second-order valence-corrected chi connectivity index (χ2v) is 5.35. The van der Waals surface area contributed by atoms with Crippen molar-refractivity contribution in [2.45, 2.75) is 26.2 Å². The highest BCUT2D eigenvalue weighted by molar-refractivity contribution is 6.28. The molecule has 0 bridgehead atoms. The number of aromatic nitrogens is 2. The van der Waals surface area contributed by atoms with Gasteiger partial charge in [-0.25, -0.2) is 0 Å². The number of aryl methyl sites for hydroxylation is 1. The fourth-order valence-corrected chi connectivity index (χ4v) is 2.03. The van der Waals surface area contributed by atoms with Crippen LogP contribution in [0.5, 0.6) is 0 Å². The first-order valence-corrected chi connectivity index (χ1v) is 5.45. The number of nitrogens with one attached hydrogen (secondary N) is 1. The summed E-state index contributed by atoms with van der Waals surface area (Å²) in [5.41, 5.74) is 1.94. The van der Waals surface area contributed by atoms with E-state index in [0.29, 0.717) is 12.4 Å². The van der Waals surface area contributed by atoms with Gasteiger partial charge in [-0.3, -0.25) is 13.9 Å². The molecule has 88 valence electrons. The van der Waals surface area contributed by atoms with Gasteiger partial charge >= 0.3 is 0 Å². The molecule has 0 unspecified atom stereocenters. The van der Waals surface area contributed by atoms with Crippen molar-refractivity contribution in [2.75, 3.05) is 11.1 Å². The summed E-state index contributed by atoms with van der Waals surface area (Å²) in [6, 6.07) is 0. The molecule has 5 nitrogen and oxygen atoms in total. The van der Waals surface area contributed by atoms with Crippen molar-refractivity contribution in [3.05, 3.63) is 11.4 Å². The standard InChI is InChI=1S/C10H15ClN4O/c1-10(2,3)8-6-7(14(4)13-8)9(16)12-5-15(6)11/h5H2,1-4H3,(H,12,16). The zero-order chi connectivity index (χ0) is 12.1. The highest BCUT2D eigenvalue weighted by Crippen LogP contribution is 2.36. The van der Waals surface area contributed by atoms with Gasteiger partial charge in [-0.15, -0.1) is 0 Å². The van der Waals surface area contributed by atoms with Gasteiger partial charge in [0, 0.05) is 24.2 Å². The minimum atomic E-state index is -0.143. The maximum atomic E-state index is 11.7. The fourth-order valence-electron chi connectivity index (χ4n) is 1.81. The molecule has 1 N–H and O–H groups in total. The lowest BCUT2D eigenvalue weighted by Gasteiger charge is -2.26. The molecule has 1 aromatic rings. The normalized spacial score (nSPS) is 16.1. The van der Waals surface area contributed by atoms with E-state index in [2.05, 4.69) is 10.4 Å². The summed E-state index contributed by atoms with van der Waals surface area (Å²) < 4.78 is 3.09. The Kier molecular flexibility index (Phi) is 2.38. The van der Waals surface area contributed by atoms with Crippen LogP contribution in [0.3, 0.4) is 0 Å². The predicted octanol–water partition coefficient (Wildman–Crippen LogP) is 1.38. The Morgan fingerprint density at radius 3 is 2.62 bits per heavy atom. The maximum Gasteiger partial charge on any atom is 0.273 e. The molecule has 0 aliphatic carbocycles. The van der Waals surface area contributed by atoms with Gasteiger partial charge in [0.15, 0.2) is 5.69 Å². The highest BCUT2D eigenvalue weighted by Gasteiger charge is 2.34. The number of amides is 1. The summed E-state index contributed by atoms with van der Waals surface area (Å²) in [5.74, 6) is -0.127. The molecule has 6 heteroatoms. The van der Waals surface area contributed by atoms with E-state index in [0.717, 1.165) is 11.4 Å². The van der Waals surface area contributed by atoms with Crippen molar-refractivity contribution in [1.82, 2.24) is 15.1 Å². The number of hydrogen-bond donors (Lipinski definition) is 1. The number of rotatable bonds is 0. The molecule has 0 aromatic carbocycles. The van der Waals surface area contributed by atoms with Crippen molar-refractivity contribution in [1.29, 1.82) is 0 Å². The first kappa shape index (κ1) is 11.3. The maximum absolute atomic E-state index is 11.7. The summed E-state index contributed by atoms with van der Waals surface area (Å²) in [7, 11) is 1.75. The Balaban J connectivity index is 2.67. The Morgan fingerprint density at radius 2 is 2.06 bits per heavy atom. The van der Waals surface area contributed by atoms with Crippen molar-refractivity contribution < 1.29 is 4.79 Å². The van der Waals surface area contributed by atoms with E-state index in [9.17, 15) is 4.79 Å². The fraction of sp³-hybridized carbons (Fsp3) is 0.600. The molecule has 16 heavy (non-hydrogen) atoms. The number of carbonyl (C=O) groups excluding carboxylic acids is 1. The molecule has 2 heterocycles. The molecule has 0 spiro atoms. The van der Waals surface area contributed by atoms with E-state index < -0.39 is 0 Å². The third kappa shape index (κ3) is 1.55. The van der Waals surface area contributed by atoms with Gasteiger partial charge in [0.1, 0.15) is 12.4 Å². The van der Waals surface area contributed by atoms with Crippen LogP contribution in [0.15, 0.2) is 0 Å². The van der Waals surface area contributed by atoms with Crippen molar-refractivity contribution in [3.8, 4) is 0 Å². The Bertz CT molecular complexity index is 446. The zero-order valence-corrected chi connectivity index (χ0v) is 10.6. The van der Waals surface area contributed by atoms with Crippen LogP contribution in [0.2, 0.25) is 0 Å². The predicted molar refractivity (Wildman–Crippen MR) is 62.6 cm³/mol. The molecule has 2 rings (SSSR count). The average Bonchev–Trinajstić information content (AvgIpc) is 2.51. The van der Waals surface area contributed by atoms with Crippen LogP contribution >= 0.6 is 11.8 Å². The van der Waals surface area contributed by atoms with Crippen molar-refractivity contribution >= 4 is 23.4 Å². The lowest BCUT2D eigenvalue weighted by Crippen LogP contribution is -2.40. The summed E-state index contributed by atoms with van der Waals surface area (Å²) in [6.45, 7) is 6.45. The van der Waals surface area contributed by atoms with Crippen LogP contribution in [-0.4, -0.2) is 22.4 Å². The molecule has 1 aromatic heterocycles. The minimum Gasteiger partial charge on any atom is -0.332 e. The van der Waals surface area contributed by atoms with Gasteiger partial charge in [0.2, 0.25) is 0 Å². The molecular weight excluding hydrogens is 228 g/mol.